The lowest BCUT2D eigenvalue weighted by atomic mass is 10.3. The summed E-state index contributed by atoms with van der Waals surface area (Å²) in [5, 5.41) is 12.3. The van der Waals surface area contributed by atoms with Gasteiger partial charge >= 0.3 is 0 Å². The van der Waals surface area contributed by atoms with Gasteiger partial charge in [-0.2, -0.15) is 5.10 Å². The van der Waals surface area contributed by atoms with Crippen LogP contribution >= 0.6 is 35.3 Å². The molecule has 0 spiro atoms. The summed E-state index contributed by atoms with van der Waals surface area (Å²) < 4.78 is 0. The van der Waals surface area contributed by atoms with Gasteiger partial charge in [-0.1, -0.05) is 6.07 Å². The van der Waals surface area contributed by atoms with Crippen molar-refractivity contribution in [3.8, 4) is 0 Å². The topological polar surface area (TPSA) is 56.3 Å². The summed E-state index contributed by atoms with van der Waals surface area (Å²) in [4.78, 5) is 8.19. The summed E-state index contributed by atoms with van der Waals surface area (Å²) in [6.45, 7) is 4.52. The van der Waals surface area contributed by atoms with Gasteiger partial charge in [-0.15, -0.1) is 35.3 Å². The van der Waals surface area contributed by atoms with Gasteiger partial charge in [0, 0.05) is 31.2 Å². The number of aromatic amines is 1. The second kappa shape index (κ2) is 9.78. The van der Waals surface area contributed by atoms with Crippen molar-refractivity contribution in [2.24, 2.45) is 4.99 Å². The zero-order valence-corrected chi connectivity index (χ0v) is 15.5. The van der Waals surface area contributed by atoms with Crippen molar-refractivity contribution in [1.82, 2.24) is 20.4 Å². The quantitative estimate of drug-likeness (QED) is 0.430. The van der Waals surface area contributed by atoms with E-state index >= 15 is 0 Å². The molecule has 0 radical (unpaired) electrons. The van der Waals surface area contributed by atoms with E-state index in [4.69, 9.17) is 0 Å². The summed E-state index contributed by atoms with van der Waals surface area (Å²) in [5.41, 5.74) is 1.02. The van der Waals surface area contributed by atoms with E-state index in [1.165, 1.54) is 4.88 Å². The van der Waals surface area contributed by atoms with E-state index in [1.54, 1.807) is 17.5 Å². The molecule has 0 aliphatic rings. The Labute approximate surface area is 146 Å². The molecule has 2 N–H and O–H groups in total. The predicted octanol–water partition coefficient (Wildman–Crippen LogP) is 2.73. The second-order valence-electron chi connectivity index (χ2n) is 4.50. The molecule has 2 heterocycles. The number of guanidine groups is 1. The van der Waals surface area contributed by atoms with E-state index in [2.05, 4.69) is 56.9 Å². The van der Waals surface area contributed by atoms with Crippen LogP contribution in [0.2, 0.25) is 0 Å². The molecule has 5 nitrogen and oxygen atoms in total. The second-order valence-corrected chi connectivity index (χ2v) is 5.54. The van der Waals surface area contributed by atoms with Crippen LogP contribution in [-0.4, -0.2) is 41.2 Å². The van der Waals surface area contributed by atoms with Crippen molar-refractivity contribution in [3.63, 3.8) is 0 Å². The zero-order valence-electron chi connectivity index (χ0n) is 12.4. The fourth-order valence-electron chi connectivity index (χ4n) is 1.84. The van der Waals surface area contributed by atoms with E-state index in [0.717, 1.165) is 31.2 Å². The van der Waals surface area contributed by atoms with Gasteiger partial charge in [-0.05, 0) is 30.9 Å². The molecule has 116 valence electrons. The van der Waals surface area contributed by atoms with Crippen LogP contribution in [-0.2, 0) is 13.0 Å². The minimum Gasteiger partial charge on any atom is -0.357 e. The molecule has 0 aliphatic carbocycles. The summed E-state index contributed by atoms with van der Waals surface area (Å²) >= 11 is 1.80. The van der Waals surface area contributed by atoms with Gasteiger partial charge < -0.3 is 10.2 Å². The van der Waals surface area contributed by atoms with Crippen molar-refractivity contribution in [1.29, 1.82) is 0 Å². The molecule has 0 atom stereocenters. The number of aromatic nitrogens is 2. The monoisotopic (exact) mass is 419 g/mol. The average molecular weight is 419 g/mol. The fourth-order valence-corrected chi connectivity index (χ4v) is 2.54. The van der Waals surface area contributed by atoms with E-state index in [9.17, 15) is 0 Å². The summed E-state index contributed by atoms with van der Waals surface area (Å²) in [7, 11) is 2.07. The highest BCUT2D eigenvalue weighted by atomic mass is 127. The number of halogens is 1. The first-order valence-electron chi connectivity index (χ1n) is 6.79. The third kappa shape index (κ3) is 6.04. The van der Waals surface area contributed by atoms with Gasteiger partial charge in [-0.3, -0.25) is 5.10 Å². The van der Waals surface area contributed by atoms with Crippen molar-refractivity contribution < 1.29 is 0 Å². The standard InChI is InChI=1S/C14H21N5S.HI/c1-3-15-14(16-11-12-6-8-17-18-12)19(2)9-7-13-5-4-10-20-13;/h4-6,8,10H,3,7,9,11H2,1-2H3,(H,15,16)(H,17,18);1H. The number of H-pyrrole nitrogens is 1. The first-order chi connectivity index (χ1) is 9.79. The minimum atomic E-state index is 0. The molecule has 0 saturated heterocycles. The molecule has 0 unspecified atom stereocenters. The number of hydrogen-bond donors (Lipinski definition) is 2. The van der Waals surface area contributed by atoms with Crippen molar-refractivity contribution in [2.45, 2.75) is 19.9 Å². The number of thiophene rings is 1. The van der Waals surface area contributed by atoms with Crippen LogP contribution in [0.25, 0.3) is 0 Å². The highest BCUT2D eigenvalue weighted by Crippen LogP contribution is 2.09. The van der Waals surface area contributed by atoms with Crippen LogP contribution in [0.15, 0.2) is 34.8 Å². The van der Waals surface area contributed by atoms with E-state index in [-0.39, 0.29) is 24.0 Å². The maximum absolute atomic E-state index is 4.62. The highest BCUT2D eigenvalue weighted by Gasteiger charge is 2.06. The zero-order chi connectivity index (χ0) is 14.2. The molecule has 0 aliphatic heterocycles. The van der Waals surface area contributed by atoms with Gasteiger partial charge in [0.15, 0.2) is 5.96 Å². The average Bonchev–Trinajstić information content (AvgIpc) is 3.13. The van der Waals surface area contributed by atoms with Crippen LogP contribution in [0.4, 0.5) is 0 Å². The number of aliphatic imine (C=N–C) groups is 1. The van der Waals surface area contributed by atoms with Gasteiger partial charge in [-0.25, -0.2) is 4.99 Å². The predicted molar refractivity (Wildman–Crippen MR) is 99.5 cm³/mol. The minimum absolute atomic E-state index is 0. The Hall–Kier alpha value is -1.09. The van der Waals surface area contributed by atoms with Crippen LogP contribution < -0.4 is 5.32 Å². The highest BCUT2D eigenvalue weighted by molar-refractivity contribution is 14.0. The summed E-state index contributed by atoms with van der Waals surface area (Å²) in [5.74, 6) is 0.929. The number of hydrogen-bond acceptors (Lipinski definition) is 3. The lowest BCUT2D eigenvalue weighted by molar-refractivity contribution is 0.486. The van der Waals surface area contributed by atoms with Gasteiger partial charge in [0.1, 0.15) is 0 Å². The number of rotatable bonds is 6. The van der Waals surface area contributed by atoms with E-state index in [1.807, 2.05) is 6.07 Å². The molecule has 21 heavy (non-hydrogen) atoms. The van der Waals surface area contributed by atoms with Crippen LogP contribution in [0.1, 0.15) is 17.5 Å². The van der Waals surface area contributed by atoms with E-state index < -0.39 is 0 Å². The Morgan fingerprint density at radius 1 is 1.48 bits per heavy atom. The Kier molecular flexibility index (Phi) is 8.36. The first kappa shape index (κ1) is 18.0. The number of likely N-dealkylation sites (N-methyl/N-ethyl adjacent to an activating group) is 1. The number of nitrogens with one attached hydrogen (secondary N) is 2. The molecule has 2 rings (SSSR count). The smallest absolute Gasteiger partial charge is 0.194 e. The third-order valence-corrected chi connectivity index (χ3v) is 3.86. The van der Waals surface area contributed by atoms with Gasteiger partial charge in [0.25, 0.3) is 0 Å². The van der Waals surface area contributed by atoms with Crippen LogP contribution in [0.3, 0.4) is 0 Å². The Morgan fingerprint density at radius 3 is 2.95 bits per heavy atom. The molecule has 0 aromatic carbocycles. The van der Waals surface area contributed by atoms with Crippen molar-refractivity contribution in [2.75, 3.05) is 20.1 Å². The molecular weight excluding hydrogens is 397 g/mol. The lowest BCUT2D eigenvalue weighted by Gasteiger charge is -2.21. The molecule has 2 aromatic heterocycles. The largest absolute Gasteiger partial charge is 0.357 e. The fraction of sp³-hybridized carbons (Fsp3) is 0.429. The molecule has 7 heteroatoms. The van der Waals surface area contributed by atoms with Crippen LogP contribution in [0.5, 0.6) is 0 Å². The normalized spacial score (nSPS) is 11.0. The van der Waals surface area contributed by atoms with Crippen molar-refractivity contribution in [3.05, 3.63) is 40.3 Å². The molecular formula is C14H22IN5S. The molecule has 0 amide bonds. The molecule has 0 bridgehead atoms. The molecule has 2 aromatic rings. The summed E-state index contributed by atoms with van der Waals surface area (Å²) in [6, 6.07) is 6.21. The third-order valence-electron chi connectivity index (χ3n) is 2.93. The Balaban J connectivity index is 0.00000220. The van der Waals surface area contributed by atoms with Crippen molar-refractivity contribution >= 4 is 41.3 Å². The summed E-state index contributed by atoms with van der Waals surface area (Å²) in [6.07, 6.45) is 2.79. The first-order valence-corrected chi connectivity index (χ1v) is 7.67. The maximum atomic E-state index is 4.62. The molecule has 0 fully saturated rings. The number of nitrogens with zero attached hydrogens (tertiary/aromatic N) is 3. The van der Waals surface area contributed by atoms with Crippen LogP contribution in [0, 0.1) is 0 Å². The van der Waals surface area contributed by atoms with Gasteiger partial charge in [0.2, 0.25) is 0 Å². The Morgan fingerprint density at radius 2 is 2.33 bits per heavy atom. The molecule has 0 saturated carbocycles. The Bertz CT molecular complexity index is 509. The van der Waals surface area contributed by atoms with Gasteiger partial charge in [0.05, 0.1) is 12.2 Å². The van der Waals surface area contributed by atoms with E-state index in [0.29, 0.717) is 6.54 Å². The SMILES string of the molecule is CCNC(=NCc1ccn[nH]1)N(C)CCc1cccs1.I. The maximum Gasteiger partial charge on any atom is 0.194 e. The lowest BCUT2D eigenvalue weighted by Crippen LogP contribution is -2.39.